The fourth-order valence-corrected chi connectivity index (χ4v) is 2.50. The lowest BCUT2D eigenvalue weighted by atomic mass is 9.99. The standard InChI is InChI=1S/C16H18N2O/c19-15-8-6-14(7-9-15)18-11-13-4-1-3-12-5-2-10-17-16(12)13/h1,3-4,6-9,17-19H,2,5,10-11H2. The Balaban J connectivity index is 1.75. The lowest BCUT2D eigenvalue weighted by molar-refractivity contribution is 0.475. The third-order valence-corrected chi connectivity index (χ3v) is 3.51. The fraction of sp³-hybridized carbons (Fsp3) is 0.250. The van der Waals surface area contributed by atoms with E-state index in [1.807, 2.05) is 12.1 Å². The van der Waals surface area contributed by atoms with Crippen molar-refractivity contribution < 1.29 is 5.11 Å². The average Bonchev–Trinajstić information content (AvgIpc) is 2.47. The molecule has 3 nitrogen and oxygen atoms in total. The Labute approximate surface area is 113 Å². The predicted octanol–water partition coefficient (Wildman–Crippen LogP) is 3.36. The third kappa shape index (κ3) is 2.65. The molecule has 0 unspecified atom stereocenters. The molecule has 3 rings (SSSR count). The van der Waals surface area contributed by atoms with Gasteiger partial charge in [-0.15, -0.1) is 0 Å². The minimum Gasteiger partial charge on any atom is -0.508 e. The first-order valence-electron chi connectivity index (χ1n) is 6.70. The number of hydrogen-bond donors (Lipinski definition) is 3. The van der Waals surface area contributed by atoms with Gasteiger partial charge in [-0.3, -0.25) is 0 Å². The Bertz CT molecular complexity index is 563. The number of aromatic hydroxyl groups is 1. The van der Waals surface area contributed by atoms with Crippen molar-refractivity contribution in [2.45, 2.75) is 19.4 Å². The van der Waals surface area contributed by atoms with Crippen molar-refractivity contribution in [3.05, 3.63) is 53.6 Å². The molecule has 1 aliphatic rings. The van der Waals surface area contributed by atoms with Crippen LogP contribution in [0.1, 0.15) is 17.5 Å². The van der Waals surface area contributed by atoms with Crippen LogP contribution in [-0.2, 0) is 13.0 Å². The summed E-state index contributed by atoms with van der Waals surface area (Å²) < 4.78 is 0. The summed E-state index contributed by atoms with van der Waals surface area (Å²) in [5.74, 6) is 0.296. The van der Waals surface area contributed by atoms with Crippen LogP contribution in [0, 0.1) is 0 Å². The van der Waals surface area contributed by atoms with Gasteiger partial charge in [0.15, 0.2) is 0 Å². The Kier molecular flexibility index (Phi) is 3.27. The molecule has 0 radical (unpaired) electrons. The van der Waals surface area contributed by atoms with Gasteiger partial charge in [-0.05, 0) is 48.2 Å². The van der Waals surface area contributed by atoms with Crippen molar-refractivity contribution >= 4 is 11.4 Å². The maximum atomic E-state index is 9.26. The van der Waals surface area contributed by atoms with E-state index in [0.717, 1.165) is 25.2 Å². The second kappa shape index (κ2) is 5.22. The second-order valence-electron chi connectivity index (χ2n) is 4.88. The summed E-state index contributed by atoms with van der Waals surface area (Å²) in [6, 6.07) is 13.6. The SMILES string of the molecule is Oc1ccc(NCc2cccc3c2NCCC3)cc1. The third-order valence-electron chi connectivity index (χ3n) is 3.51. The number of phenols is 1. The van der Waals surface area contributed by atoms with Crippen LogP contribution in [0.2, 0.25) is 0 Å². The van der Waals surface area contributed by atoms with Crippen LogP contribution in [0.3, 0.4) is 0 Å². The van der Waals surface area contributed by atoms with Crippen molar-refractivity contribution in [2.75, 3.05) is 17.2 Å². The highest BCUT2D eigenvalue weighted by Gasteiger charge is 2.11. The van der Waals surface area contributed by atoms with Crippen molar-refractivity contribution in [2.24, 2.45) is 0 Å². The van der Waals surface area contributed by atoms with Gasteiger partial charge in [-0.25, -0.2) is 0 Å². The maximum Gasteiger partial charge on any atom is 0.115 e. The lowest BCUT2D eigenvalue weighted by Gasteiger charge is -2.21. The predicted molar refractivity (Wildman–Crippen MR) is 78.7 cm³/mol. The Hall–Kier alpha value is -2.16. The maximum absolute atomic E-state index is 9.26. The molecule has 0 fully saturated rings. The van der Waals surface area contributed by atoms with E-state index in [4.69, 9.17) is 0 Å². The number of hydrogen-bond acceptors (Lipinski definition) is 3. The molecular weight excluding hydrogens is 236 g/mol. The largest absolute Gasteiger partial charge is 0.508 e. The van der Waals surface area contributed by atoms with Crippen LogP contribution in [-0.4, -0.2) is 11.7 Å². The summed E-state index contributed by atoms with van der Waals surface area (Å²) in [5.41, 5.74) is 5.02. The van der Waals surface area contributed by atoms with Gasteiger partial charge in [-0.1, -0.05) is 18.2 Å². The summed E-state index contributed by atoms with van der Waals surface area (Å²) in [7, 11) is 0. The molecule has 0 amide bonds. The van der Waals surface area contributed by atoms with Gasteiger partial charge in [0.2, 0.25) is 0 Å². The van der Waals surface area contributed by atoms with Crippen molar-refractivity contribution in [1.82, 2.24) is 0 Å². The van der Waals surface area contributed by atoms with Crippen LogP contribution in [0.15, 0.2) is 42.5 Å². The van der Waals surface area contributed by atoms with Gasteiger partial charge in [0.1, 0.15) is 5.75 Å². The highest BCUT2D eigenvalue weighted by molar-refractivity contribution is 5.60. The molecule has 0 aromatic heterocycles. The Morgan fingerprint density at radius 2 is 1.95 bits per heavy atom. The van der Waals surface area contributed by atoms with Gasteiger partial charge in [0, 0.05) is 24.5 Å². The first kappa shape index (κ1) is 11.9. The van der Waals surface area contributed by atoms with Crippen LogP contribution in [0.5, 0.6) is 5.75 Å². The molecule has 1 aliphatic heterocycles. The molecule has 2 aromatic rings. The fourth-order valence-electron chi connectivity index (χ4n) is 2.50. The monoisotopic (exact) mass is 254 g/mol. The molecule has 0 atom stereocenters. The quantitative estimate of drug-likeness (QED) is 0.736. The molecule has 98 valence electrons. The number of nitrogens with one attached hydrogen (secondary N) is 2. The summed E-state index contributed by atoms with van der Waals surface area (Å²) in [5, 5.41) is 16.1. The minimum atomic E-state index is 0.296. The van der Waals surface area contributed by atoms with Crippen LogP contribution in [0.25, 0.3) is 0 Å². The van der Waals surface area contributed by atoms with E-state index in [1.165, 1.54) is 23.2 Å². The van der Waals surface area contributed by atoms with Crippen LogP contribution >= 0.6 is 0 Å². The highest BCUT2D eigenvalue weighted by Crippen LogP contribution is 2.26. The van der Waals surface area contributed by atoms with Crippen molar-refractivity contribution in [1.29, 1.82) is 0 Å². The molecule has 3 N–H and O–H groups in total. The Morgan fingerprint density at radius 1 is 1.11 bits per heavy atom. The van der Waals surface area contributed by atoms with E-state index < -0.39 is 0 Å². The van der Waals surface area contributed by atoms with Gasteiger partial charge in [0.05, 0.1) is 0 Å². The van der Waals surface area contributed by atoms with Crippen LogP contribution in [0.4, 0.5) is 11.4 Å². The first-order valence-corrected chi connectivity index (χ1v) is 6.70. The molecule has 3 heteroatoms. The van der Waals surface area contributed by atoms with Crippen LogP contribution < -0.4 is 10.6 Å². The summed E-state index contributed by atoms with van der Waals surface area (Å²) in [6.45, 7) is 1.85. The number of fused-ring (bicyclic) bond motifs is 1. The van der Waals surface area contributed by atoms with Crippen molar-refractivity contribution in [3.8, 4) is 5.75 Å². The molecular formula is C16H18N2O. The van der Waals surface area contributed by atoms with Gasteiger partial charge < -0.3 is 15.7 Å². The molecule has 0 aliphatic carbocycles. The smallest absolute Gasteiger partial charge is 0.115 e. The van der Waals surface area contributed by atoms with Gasteiger partial charge in [-0.2, -0.15) is 0 Å². The molecule has 1 heterocycles. The highest BCUT2D eigenvalue weighted by atomic mass is 16.3. The van der Waals surface area contributed by atoms with E-state index in [-0.39, 0.29) is 0 Å². The number of rotatable bonds is 3. The zero-order valence-corrected chi connectivity index (χ0v) is 10.8. The topological polar surface area (TPSA) is 44.3 Å². The van der Waals surface area contributed by atoms with E-state index in [9.17, 15) is 5.11 Å². The zero-order chi connectivity index (χ0) is 13.1. The molecule has 0 spiro atoms. The molecule has 2 aromatic carbocycles. The van der Waals surface area contributed by atoms with Gasteiger partial charge in [0.25, 0.3) is 0 Å². The zero-order valence-electron chi connectivity index (χ0n) is 10.8. The average molecular weight is 254 g/mol. The summed E-state index contributed by atoms with van der Waals surface area (Å²) in [6.07, 6.45) is 2.37. The molecule has 0 saturated heterocycles. The number of aryl methyl sites for hydroxylation is 1. The van der Waals surface area contributed by atoms with Gasteiger partial charge >= 0.3 is 0 Å². The minimum absolute atomic E-state index is 0.296. The first-order chi connectivity index (χ1) is 9.33. The van der Waals surface area contributed by atoms with E-state index in [0.29, 0.717) is 5.75 Å². The molecule has 0 bridgehead atoms. The van der Waals surface area contributed by atoms with E-state index in [1.54, 1.807) is 12.1 Å². The normalized spacial score (nSPS) is 13.5. The number of para-hydroxylation sites is 1. The van der Waals surface area contributed by atoms with Crippen molar-refractivity contribution in [3.63, 3.8) is 0 Å². The number of benzene rings is 2. The summed E-state index contributed by atoms with van der Waals surface area (Å²) in [4.78, 5) is 0. The number of anilines is 2. The molecule has 0 saturated carbocycles. The molecule has 19 heavy (non-hydrogen) atoms. The van der Waals surface area contributed by atoms with E-state index in [2.05, 4.69) is 28.8 Å². The summed E-state index contributed by atoms with van der Waals surface area (Å²) >= 11 is 0. The van der Waals surface area contributed by atoms with E-state index >= 15 is 0 Å². The Morgan fingerprint density at radius 3 is 2.79 bits per heavy atom. The number of phenolic OH excluding ortho intramolecular Hbond substituents is 1. The second-order valence-corrected chi connectivity index (χ2v) is 4.88. The lowest BCUT2D eigenvalue weighted by Crippen LogP contribution is -2.14.